The first-order chi connectivity index (χ1) is 12.9. The Morgan fingerprint density at radius 3 is 2.43 bits per heavy atom. The molecule has 6 heteroatoms. The third kappa shape index (κ3) is 2.71. The standard InChI is InChI=1S/C22H34O6/c1-12-6-8-22-9-7-15(25)18(22)21(12,5)16(28-17(26)11-23)10-20(4,14(3)24)19(27)13(22)2/h12-13,16,18-19,23,27H,6-11H2,1-5H3/t12-,13+,16-,18?,19+,20+,21+,22+/m1/s1. The van der Waals surface area contributed by atoms with Gasteiger partial charge in [0, 0.05) is 17.8 Å². The number of hydrogen-bond donors (Lipinski definition) is 2. The highest BCUT2D eigenvalue weighted by Crippen LogP contribution is 2.67. The number of aliphatic hydroxyl groups excluding tert-OH is 2. The van der Waals surface area contributed by atoms with E-state index < -0.39 is 41.0 Å². The number of hydrogen-bond acceptors (Lipinski definition) is 6. The van der Waals surface area contributed by atoms with Crippen LogP contribution in [-0.4, -0.2) is 46.6 Å². The predicted molar refractivity (Wildman–Crippen MR) is 102 cm³/mol. The predicted octanol–water partition coefficient (Wildman–Crippen LogP) is 2.29. The lowest BCUT2D eigenvalue weighted by Gasteiger charge is -2.61. The lowest BCUT2D eigenvalue weighted by Crippen LogP contribution is -2.64. The van der Waals surface area contributed by atoms with Crippen molar-refractivity contribution in [1.29, 1.82) is 0 Å². The van der Waals surface area contributed by atoms with Crippen LogP contribution in [0.5, 0.6) is 0 Å². The first-order valence-corrected chi connectivity index (χ1v) is 10.5. The quantitative estimate of drug-likeness (QED) is 0.712. The van der Waals surface area contributed by atoms with E-state index in [4.69, 9.17) is 4.74 Å². The van der Waals surface area contributed by atoms with Crippen LogP contribution in [-0.2, 0) is 19.1 Å². The molecule has 0 aromatic carbocycles. The van der Waals surface area contributed by atoms with E-state index in [0.717, 1.165) is 12.8 Å². The molecule has 0 spiro atoms. The monoisotopic (exact) mass is 394 g/mol. The van der Waals surface area contributed by atoms with Gasteiger partial charge in [0.15, 0.2) is 0 Å². The van der Waals surface area contributed by atoms with Gasteiger partial charge < -0.3 is 14.9 Å². The van der Waals surface area contributed by atoms with Crippen molar-refractivity contribution < 1.29 is 29.3 Å². The summed E-state index contributed by atoms with van der Waals surface area (Å²) in [4.78, 5) is 37.9. The van der Waals surface area contributed by atoms with E-state index in [1.165, 1.54) is 6.92 Å². The van der Waals surface area contributed by atoms with E-state index in [9.17, 15) is 24.6 Å². The normalized spacial score (nSPS) is 48.4. The van der Waals surface area contributed by atoms with E-state index in [-0.39, 0.29) is 35.7 Å². The lowest BCUT2D eigenvalue weighted by molar-refractivity contribution is -0.212. The minimum absolute atomic E-state index is 0.114. The molecule has 1 unspecified atom stereocenters. The minimum atomic E-state index is -1.08. The Morgan fingerprint density at radius 2 is 1.86 bits per heavy atom. The van der Waals surface area contributed by atoms with Gasteiger partial charge in [-0.3, -0.25) is 9.59 Å². The first kappa shape index (κ1) is 21.4. The number of ketones is 2. The number of ether oxygens (including phenoxy) is 1. The zero-order valence-electron chi connectivity index (χ0n) is 17.7. The van der Waals surface area contributed by atoms with Crippen molar-refractivity contribution in [3.05, 3.63) is 0 Å². The van der Waals surface area contributed by atoms with Gasteiger partial charge >= 0.3 is 5.97 Å². The van der Waals surface area contributed by atoms with Crippen LogP contribution in [0.1, 0.15) is 66.7 Å². The zero-order valence-corrected chi connectivity index (χ0v) is 17.7. The molecule has 3 aliphatic carbocycles. The average molecular weight is 395 g/mol. The van der Waals surface area contributed by atoms with Crippen LogP contribution >= 0.6 is 0 Å². The Morgan fingerprint density at radius 1 is 1.21 bits per heavy atom. The fourth-order valence-electron chi connectivity index (χ4n) is 6.81. The van der Waals surface area contributed by atoms with Crippen LogP contribution in [0.25, 0.3) is 0 Å². The Kier molecular flexibility index (Phi) is 5.29. The summed E-state index contributed by atoms with van der Waals surface area (Å²) in [6.45, 7) is 8.55. The van der Waals surface area contributed by atoms with Crippen molar-refractivity contribution in [2.24, 2.45) is 34.0 Å². The smallest absolute Gasteiger partial charge is 0.332 e. The molecule has 3 fully saturated rings. The van der Waals surface area contributed by atoms with Gasteiger partial charge in [0.2, 0.25) is 0 Å². The Bertz CT molecular complexity index is 689. The third-order valence-electron chi connectivity index (χ3n) is 9.00. The Balaban J connectivity index is 2.23. The SMILES string of the molecule is CC(=O)[C@]1(C)C[C@@H](OC(=O)CO)[C@@]2(C)C3C(=O)CC[C@@]3(CC[C@H]2C)[C@@H](C)[C@@H]1O. The summed E-state index contributed by atoms with van der Waals surface area (Å²) in [6, 6.07) is 0. The number of Topliss-reactive ketones (excluding diaryl/α,β-unsaturated/α-hetero) is 2. The van der Waals surface area contributed by atoms with Crippen LogP contribution in [0.4, 0.5) is 0 Å². The summed E-state index contributed by atoms with van der Waals surface area (Å²) in [5.74, 6) is -1.15. The maximum Gasteiger partial charge on any atom is 0.332 e. The van der Waals surface area contributed by atoms with Crippen molar-refractivity contribution >= 4 is 17.5 Å². The van der Waals surface area contributed by atoms with E-state index >= 15 is 0 Å². The molecule has 2 bridgehead atoms. The molecule has 0 heterocycles. The van der Waals surface area contributed by atoms with Gasteiger partial charge in [-0.05, 0) is 49.9 Å². The van der Waals surface area contributed by atoms with Gasteiger partial charge in [-0.1, -0.05) is 27.7 Å². The van der Waals surface area contributed by atoms with Crippen molar-refractivity contribution in [3.8, 4) is 0 Å². The van der Waals surface area contributed by atoms with E-state index in [2.05, 4.69) is 6.92 Å². The molecule has 8 atom stereocenters. The Hall–Kier alpha value is -1.27. The van der Waals surface area contributed by atoms with E-state index in [0.29, 0.717) is 12.8 Å². The molecular formula is C22H34O6. The molecule has 3 aliphatic rings. The van der Waals surface area contributed by atoms with Gasteiger partial charge in [0.25, 0.3) is 0 Å². The second kappa shape index (κ2) is 6.91. The number of rotatable bonds is 3. The number of aliphatic hydroxyl groups is 2. The first-order valence-electron chi connectivity index (χ1n) is 10.5. The van der Waals surface area contributed by atoms with Gasteiger partial charge in [-0.25, -0.2) is 4.79 Å². The second-order valence-corrected chi connectivity index (χ2v) is 9.99. The highest BCUT2D eigenvalue weighted by molar-refractivity contribution is 5.86. The maximum atomic E-state index is 13.1. The van der Waals surface area contributed by atoms with E-state index in [1.54, 1.807) is 6.92 Å². The van der Waals surface area contributed by atoms with Crippen LogP contribution in [0.15, 0.2) is 0 Å². The largest absolute Gasteiger partial charge is 0.460 e. The number of esters is 1. The van der Waals surface area contributed by atoms with Crippen molar-refractivity contribution in [1.82, 2.24) is 0 Å². The summed E-state index contributed by atoms with van der Waals surface area (Å²) in [7, 11) is 0. The molecule has 0 saturated heterocycles. The molecule has 0 aromatic rings. The highest BCUT2D eigenvalue weighted by Gasteiger charge is 2.69. The molecule has 0 radical (unpaired) electrons. The van der Waals surface area contributed by atoms with Crippen LogP contribution in [0.3, 0.4) is 0 Å². The molecule has 28 heavy (non-hydrogen) atoms. The summed E-state index contributed by atoms with van der Waals surface area (Å²) in [5.41, 5.74) is -2.11. The number of carbonyl (C=O) groups is 3. The molecule has 6 nitrogen and oxygen atoms in total. The fraction of sp³-hybridized carbons (Fsp3) is 0.864. The minimum Gasteiger partial charge on any atom is -0.460 e. The lowest BCUT2D eigenvalue weighted by atomic mass is 9.43. The molecule has 2 N–H and O–H groups in total. The van der Waals surface area contributed by atoms with Crippen LogP contribution < -0.4 is 0 Å². The molecule has 0 aromatic heterocycles. The van der Waals surface area contributed by atoms with Crippen LogP contribution in [0.2, 0.25) is 0 Å². The van der Waals surface area contributed by atoms with Gasteiger partial charge in [0.05, 0.1) is 11.5 Å². The summed E-state index contributed by atoms with van der Waals surface area (Å²) in [5, 5.41) is 20.6. The van der Waals surface area contributed by atoms with Crippen LogP contribution in [0, 0.1) is 34.0 Å². The van der Waals surface area contributed by atoms with Gasteiger partial charge in [-0.15, -0.1) is 0 Å². The van der Waals surface area contributed by atoms with Crippen molar-refractivity contribution in [3.63, 3.8) is 0 Å². The second-order valence-electron chi connectivity index (χ2n) is 9.99. The fourth-order valence-corrected chi connectivity index (χ4v) is 6.81. The number of carbonyl (C=O) groups excluding carboxylic acids is 3. The Labute approximate surface area is 167 Å². The topological polar surface area (TPSA) is 101 Å². The summed E-state index contributed by atoms with van der Waals surface area (Å²) >= 11 is 0. The third-order valence-corrected chi connectivity index (χ3v) is 9.00. The summed E-state index contributed by atoms with van der Waals surface area (Å²) < 4.78 is 5.71. The summed E-state index contributed by atoms with van der Waals surface area (Å²) in [6.07, 6.45) is 1.37. The van der Waals surface area contributed by atoms with Crippen molar-refractivity contribution in [2.75, 3.05) is 6.61 Å². The van der Waals surface area contributed by atoms with Gasteiger partial charge in [-0.2, -0.15) is 0 Å². The average Bonchev–Trinajstić information content (AvgIpc) is 3.00. The molecule has 3 rings (SSSR count). The maximum absolute atomic E-state index is 13.1. The van der Waals surface area contributed by atoms with Gasteiger partial charge in [0.1, 0.15) is 24.3 Å². The van der Waals surface area contributed by atoms with Crippen molar-refractivity contribution in [2.45, 2.75) is 78.9 Å². The zero-order chi connectivity index (χ0) is 21.1. The molecular weight excluding hydrogens is 360 g/mol. The highest BCUT2D eigenvalue weighted by atomic mass is 16.6. The molecule has 158 valence electrons. The van der Waals surface area contributed by atoms with E-state index in [1.807, 2.05) is 13.8 Å². The molecule has 0 aliphatic heterocycles. The molecule has 0 amide bonds. The molecule has 3 saturated carbocycles.